The van der Waals surface area contributed by atoms with Gasteiger partial charge in [0.05, 0.1) is 37.7 Å². The molecule has 22 heavy (non-hydrogen) atoms. The number of sulfonamides is 1. The Kier molecular flexibility index (Phi) is 4.77. The van der Waals surface area contributed by atoms with Gasteiger partial charge in [0.2, 0.25) is 10.0 Å². The number of rotatable bonds is 5. The summed E-state index contributed by atoms with van der Waals surface area (Å²) in [6.45, 7) is 1.63. The number of ether oxygens (including phenoxy) is 2. The van der Waals surface area contributed by atoms with Crippen LogP contribution in [0.1, 0.15) is 24.8 Å². The standard InChI is InChI=1S/C15H22N2O4S/c1-22(18,19)17-8-6-15-14(17)5-4-13(21-15)11-20-10-12-3-2-7-16-9-12/h2-3,7,9,13-15H,4-6,8,10-11H2,1H3/t13-,14+,15+/m1/s1. The predicted octanol–water partition coefficient (Wildman–Crippen LogP) is 1.18. The van der Waals surface area contributed by atoms with Crippen molar-refractivity contribution >= 4 is 10.0 Å². The van der Waals surface area contributed by atoms with Crippen LogP contribution < -0.4 is 0 Å². The van der Waals surface area contributed by atoms with Crippen molar-refractivity contribution in [1.82, 2.24) is 9.29 Å². The molecule has 2 aliphatic heterocycles. The van der Waals surface area contributed by atoms with E-state index in [1.54, 1.807) is 16.7 Å². The van der Waals surface area contributed by atoms with Gasteiger partial charge in [-0.15, -0.1) is 0 Å². The van der Waals surface area contributed by atoms with Crippen molar-refractivity contribution < 1.29 is 17.9 Å². The average molecular weight is 326 g/mol. The first-order valence-electron chi connectivity index (χ1n) is 7.63. The van der Waals surface area contributed by atoms with Gasteiger partial charge in [-0.1, -0.05) is 6.07 Å². The summed E-state index contributed by atoms with van der Waals surface area (Å²) in [5.74, 6) is 0. The molecule has 3 atom stereocenters. The fourth-order valence-electron chi connectivity index (χ4n) is 3.28. The fraction of sp³-hybridized carbons (Fsp3) is 0.667. The van der Waals surface area contributed by atoms with E-state index in [9.17, 15) is 8.42 Å². The Morgan fingerprint density at radius 2 is 2.27 bits per heavy atom. The molecular formula is C15H22N2O4S. The molecule has 1 aromatic heterocycles. The second-order valence-corrected chi connectivity index (χ2v) is 7.92. The third-order valence-corrected chi connectivity index (χ3v) is 5.61. The molecule has 6 nitrogen and oxygen atoms in total. The summed E-state index contributed by atoms with van der Waals surface area (Å²) in [5.41, 5.74) is 1.04. The van der Waals surface area contributed by atoms with Crippen LogP contribution in [-0.2, 0) is 26.1 Å². The van der Waals surface area contributed by atoms with E-state index in [1.165, 1.54) is 6.26 Å². The van der Waals surface area contributed by atoms with Crippen LogP contribution >= 0.6 is 0 Å². The quantitative estimate of drug-likeness (QED) is 0.813. The summed E-state index contributed by atoms with van der Waals surface area (Å²) in [4.78, 5) is 4.05. The van der Waals surface area contributed by atoms with Crippen molar-refractivity contribution in [3.63, 3.8) is 0 Å². The lowest BCUT2D eigenvalue weighted by atomic mass is 10.0. The highest BCUT2D eigenvalue weighted by Gasteiger charge is 2.43. The molecule has 2 saturated heterocycles. The molecule has 0 amide bonds. The molecule has 0 spiro atoms. The Bertz CT molecular complexity index is 593. The first-order valence-corrected chi connectivity index (χ1v) is 9.48. The van der Waals surface area contributed by atoms with E-state index in [1.807, 2.05) is 12.1 Å². The SMILES string of the molecule is CS(=O)(=O)N1CC[C@@H]2O[C@@H](COCc3cccnc3)CC[C@@H]21. The van der Waals surface area contributed by atoms with Crippen molar-refractivity contribution in [2.75, 3.05) is 19.4 Å². The minimum atomic E-state index is -3.13. The van der Waals surface area contributed by atoms with Crippen molar-refractivity contribution in [1.29, 1.82) is 0 Å². The first-order chi connectivity index (χ1) is 10.5. The maximum absolute atomic E-state index is 11.7. The van der Waals surface area contributed by atoms with E-state index in [0.29, 0.717) is 19.8 Å². The van der Waals surface area contributed by atoms with Gasteiger partial charge in [-0.05, 0) is 30.9 Å². The van der Waals surface area contributed by atoms with Gasteiger partial charge in [-0.2, -0.15) is 4.31 Å². The largest absolute Gasteiger partial charge is 0.374 e. The minimum absolute atomic E-state index is 0.00423. The highest BCUT2D eigenvalue weighted by atomic mass is 32.2. The molecule has 0 aliphatic carbocycles. The smallest absolute Gasteiger partial charge is 0.211 e. The van der Waals surface area contributed by atoms with E-state index < -0.39 is 10.0 Å². The zero-order valence-corrected chi connectivity index (χ0v) is 13.5. The lowest BCUT2D eigenvalue weighted by Gasteiger charge is -2.35. The second kappa shape index (κ2) is 6.62. The number of hydrogen-bond acceptors (Lipinski definition) is 5. The molecule has 0 aromatic carbocycles. The molecule has 2 fully saturated rings. The highest BCUT2D eigenvalue weighted by molar-refractivity contribution is 7.88. The third kappa shape index (κ3) is 3.65. The lowest BCUT2D eigenvalue weighted by molar-refractivity contribution is -0.0961. The third-order valence-electron chi connectivity index (χ3n) is 4.31. The van der Waals surface area contributed by atoms with Gasteiger partial charge in [-0.25, -0.2) is 8.42 Å². The monoisotopic (exact) mass is 326 g/mol. The van der Waals surface area contributed by atoms with Crippen molar-refractivity contribution in [3.05, 3.63) is 30.1 Å². The van der Waals surface area contributed by atoms with Crippen LogP contribution in [0.5, 0.6) is 0 Å². The van der Waals surface area contributed by atoms with E-state index in [2.05, 4.69) is 4.98 Å². The molecule has 7 heteroatoms. The highest BCUT2D eigenvalue weighted by Crippen LogP contribution is 2.33. The summed E-state index contributed by atoms with van der Waals surface area (Å²) < 4.78 is 36.8. The summed E-state index contributed by atoms with van der Waals surface area (Å²) in [6.07, 6.45) is 7.32. The van der Waals surface area contributed by atoms with Gasteiger partial charge in [0, 0.05) is 18.9 Å². The van der Waals surface area contributed by atoms with Crippen molar-refractivity contribution in [2.24, 2.45) is 0 Å². The number of pyridine rings is 1. The molecule has 0 saturated carbocycles. The number of hydrogen-bond donors (Lipinski definition) is 0. The van der Waals surface area contributed by atoms with Gasteiger partial charge >= 0.3 is 0 Å². The second-order valence-electron chi connectivity index (χ2n) is 5.98. The Labute approximate surface area is 131 Å². The van der Waals surface area contributed by atoms with Gasteiger partial charge < -0.3 is 9.47 Å². The summed E-state index contributed by atoms with van der Waals surface area (Å²) in [7, 11) is -3.13. The van der Waals surface area contributed by atoms with E-state index in [0.717, 1.165) is 24.8 Å². The maximum atomic E-state index is 11.7. The van der Waals surface area contributed by atoms with Gasteiger partial charge in [0.25, 0.3) is 0 Å². The molecule has 0 N–H and O–H groups in total. The maximum Gasteiger partial charge on any atom is 0.211 e. The molecule has 3 heterocycles. The van der Waals surface area contributed by atoms with E-state index >= 15 is 0 Å². The van der Waals surface area contributed by atoms with Crippen LogP contribution in [0, 0.1) is 0 Å². The number of aromatic nitrogens is 1. The Hall–Kier alpha value is -1.02. The first kappa shape index (κ1) is 15.9. The Morgan fingerprint density at radius 1 is 1.41 bits per heavy atom. The minimum Gasteiger partial charge on any atom is -0.374 e. The molecule has 0 radical (unpaired) electrons. The number of nitrogens with zero attached hydrogens (tertiary/aromatic N) is 2. The van der Waals surface area contributed by atoms with Crippen LogP contribution in [-0.4, -0.2) is 55.4 Å². The summed E-state index contributed by atoms with van der Waals surface area (Å²) in [6, 6.07) is 3.87. The van der Waals surface area contributed by atoms with Crippen molar-refractivity contribution in [2.45, 2.75) is 44.1 Å². The van der Waals surface area contributed by atoms with E-state index in [4.69, 9.17) is 9.47 Å². The van der Waals surface area contributed by atoms with Gasteiger partial charge in [0.1, 0.15) is 0 Å². The van der Waals surface area contributed by atoms with Crippen LogP contribution in [0.4, 0.5) is 0 Å². The lowest BCUT2D eigenvalue weighted by Crippen LogP contribution is -2.45. The molecular weight excluding hydrogens is 304 g/mol. The van der Waals surface area contributed by atoms with Gasteiger partial charge in [0.15, 0.2) is 0 Å². The van der Waals surface area contributed by atoms with Crippen molar-refractivity contribution in [3.8, 4) is 0 Å². The molecule has 122 valence electrons. The molecule has 3 rings (SSSR count). The molecule has 0 bridgehead atoms. The zero-order valence-electron chi connectivity index (χ0n) is 12.7. The summed E-state index contributed by atoms with van der Waals surface area (Å²) in [5, 5.41) is 0. The molecule has 1 aromatic rings. The Balaban J connectivity index is 1.47. The zero-order chi connectivity index (χ0) is 15.6. The van der Waals surface area contributed by atoms with Gasteiger partial charge in [-0.3, -0.25) is 4.98 Å². The molecule has 0 unspecified atom stereocenters. The number of fused-ring (bicyclic) bond motifs is 1. The van der Waals surface area contributed by atoms with Crippen LogP contribution in [0.2, 0.25) is 0 Å². The molecule has 2 aliphatic rings. The Morgan fingerprint density at radius 3 is 3.00 bits per heavy atom. The normalized spacial score (nSPS) is 29.4. The van der Waals surface area contributed by atoms with Crippen LogP contribution in [0.25, 0.3) is 0 Å². The predicted molar refractivity (Wildman–Crippen MR) is 81.7 cm³/mol. The van der Waals surface area contributed by atoms with Crippen LogP contribution in [0.3, 0.4) is 0 Å². The van der Waals surface area contributed by atoms with Crippen LogP contribution in [0.15, 0.2) is 24.5 Å². The fourth-order valence-corrected chi connectivity index (χ4v) is 4.45. The average Bonchev–Trinajstić information content (AvgIpc) is 2.91. The summed E-state index contributed by atoms with van der Waals surface area (Å²) >= 11 is 0. The topological polar surface area (TPSA) is 68.7 Å². The van der Waals surface area contributed by atoms with E-state index in [-0.39, 0.29) is 18.2 Å².